The first kappa shape index (κ1) is 13.9. The van der Waals surface area contributed by atoms with E-state index in [-0.39, 0.29) is 0 Å². The van der Waals surface area contributed by atoms with Crippen molar-refractivity contribution in [2.45, 2.75) is 40.5 Å². The molecule has 0 atom stereocenters. The van der Waals surface area contributed by atoms with Crippen molar-refractivity contribution >= 4 is 5.69 Å². The molecule has 0 spiro atoms. The first-order valence-electron chi connectivity index (χ1n) is 6.68. The highest BCUT2D eigenvalue weighted by atomic mass is 16.5. The van der Waals surface area contributed by atoms with Crippen LogP contribution in [0, 0.1) is 12.8 Å². The molecule has 0 unspecified atom stereocenters. The average molecular weight is 235 g/mol. The van der Waals surface area contributed by atoms with Crippen LogP contribution in [-0.4, -0.2) is 13.2 Å². The Bertz CT molecular complexity index is 332. The molecule has 96 valence electrons. The molecule has 0 radical (unpaired) electrons. The van der Waals surface area contributed by atoms with E-state index in [1.165, 1.54) is 18.4 Å². The van der Waals surface area contributed by atoms with E-state index in [0.29, 0.717) is 6.61 Å². The lowest BCUT2D eigenvalue weighted by molar-refractivity contribution is 0.341. The Morgan fingerprint density at radius 1 is 1.18 bits per heavy atom. The van der Waals surface area contributed by atoms with E-state index < -0.39 is 0 Å². The van der Waals surface area contributed by atoms with Gasteiger partial charge in [-0.3, -0.25) is 0 Å². The van der Waals surface area contributed by atoms with Crippen molar-refractivity contribution in [3.05, 3.63) is 23.8 Å². The lowest BCUT2D eigenvalue weighted by Crippen LogP contribution is -2.13. The minimum absolute atomic E-state index is 0.711. The first-order chi connectivity index (χ1) is 8.21. The Labute approximate surface area is 105 Å². The van der Waals surface area contributed by atoms with Gasteiger partial charge in [0.15, 0.2) is 0 Å². The molecule has 0 bridgehead atoms. The van der Waals surface area contributed by atoms with Gasteiger partial charge in [-0.25, -0.2) is 0 Å². The lowest BCUT2D eigenvalue weighted by atomic mass is 10.0. The Morgan fingerprint density at radius 3 is 2.47 bits per heavy atom. The van der Waals surface area contributed by atoms with Crippen molar-refractivity contribution in [1.82, 2.24) is 0 Å². The quantitative estimate of drug-likeness (QED) is 0.763. The zero-order chi connectivity index (χ0) is 12.7. The Balaban J connectivity index is 2.68. The van der Waals surface area contributed by atoms with E-state index in [9.17, 15) is 0 Å². The Kier molecular flexibility index (Phi) is 5.88. The third-order valence-electron chi connectivity index (χ3n) is 3.17. The van der Waals surface area contributed by atoms with E-state index in [4.69, 9.17) is 4.74 Å². The van der Waals surface area contributed by atoms with Crippen molar-refractivity contribution in [1.29, 1.82) is 0 Å². The molecule has 0 saturated carbocycles. The van der Waals surface area contributed by atoms with Crippen molar-refractivity contribution in [2.24, 2.45) is 5.92 Å². The monoisotopic (exact) mass is 235 g/mol. The van der Waals surface area contributed by atoms with Crippen molar-refractivity contribution in [3.8, 4) is 5.75 Å². The van der Waals surface area contributed by atoms with Crippen LogP contribution in [0.2, 0.25) is 0 Å². The minimum atomic E-state index is 0.711. The maximum Gasteiger partial charge on any atom is 0.142 e. The highest BCUT2D eigenvalue weighted by Gasteiger charge is 2.06. The van der Waals surface area contributed by atoms with Gasteiger partial charge in [-0.15, -0.1) is 0 Å². The molecular weight excluding hydrogens is 210 g/mol. The summed E-state index contributed by atoms with van der Waals surface area (Å²) >= 11 is 0. The molecule has 0 heterocycles. The van der Waals surface area contributed by atoms with Gasteiger partial charge in [-0.05, 0) is 37.5 Å². The SMILES string of the molecule is CCOc1cc(C)ccc1NCC(CC)CC. The average Bonchev–Trinajstić information content (AvgIpc) is 2.33. The summed E-state index contributed by atoms with van der Waals surface area (Å²) in [6.07, 6.45) is 2.44. The van der Waals surface area contributed by atoms with Crippen molar-refractivity contribution in [3.63, 3.8) is 0 Å². The van der Waals surface area contributed by atoms with E-state index in [0.717, 1.165) is 23.9 Å². The number of ether oxygens (including phenoxy) is 1. The van der Waals surface area contributed by atoms with Crippen LogP contribution in [0.4, 0.5) is 5.69 Å². The molecule has 1 aromatic rings. The summed E-state index contributed by atoms with van der Waals surface area (Å²) < 4.78 is 5.65. The third-order valence-corrected chi connectivity index (χ3v) is 3.17. The van der Waals surface area contributed by atoms with Crippen molar-refractivity contribution < 1.29 is 4.74 Å². The molecule has 0 saturated heterocycles. The van der Waals surface area contributed by atoms with E-state index in [2.05, 4.69) is 44.3 Å². The molecule has 17 heavy (non-hydrogen) atoms. The molecule has 1 rings (SSSR count). The second-order valence-electron chi connectivity index (χ2n) is 4.50. The highest BCUT2D eigenvalue weighted by molar-refractivity contribution is 5.57. The molecule has 0 amide bonds. The number of hydrogen-bond donors (Lipinski definition) is 1. The molecule has 0 aromatic heterocycles. The second-order valence-corrected chi connectivity index (χ2v) is 4.50. The molecule has 0 aliphatic carbocycles. The van der Waals surface area contributed by atoms with Crippen LogP contribution >= 0.6 is 0 Å². The summed E-state index contributed by atoms with van der Waals surface area (Å²) in [6.45, 7) is 10.3. The van der Waals surface area contributed by atoms with Gasteiger partial charge >= 0.3 is 0 Å². The summed E-state index contributed by atoms with van der Waals surface area (Å²) in [5.74, 6) is 1.71. The number of aryl methyl sites for hydroxylation is 1. The molecule has 2 nitrogen and oxygen atoms in total. The predicted octanol–water partition coefficient (Wildman–Crippen LogP) is 4.24. The van der Waals surface area contributed by atoms with Crippen LogP contribution in [0.15, 0.2) is 18.2 Å². The molecule has 1 aromatic carbocycles. The number of hydrogen-bond acceptors (Lipinski definition) is 2. The number of benzene rings is 1. The zero-order valence-electron chi connectivity index (χ0n) is 11.5. The van der Waals surface area contributed by atoms with Gasteiger partial charge in [0.05, 0.1) is 12.3 Å². The summed E-state index contributed by atoms with van der Waals surface area (Å²) in [4.78, 5) is 0. The van der Waals surface area contributed by atoms with E-state index in [1.807, 2.05) is 6.92 Å². The van der Waals surface area contributed by atoms with Crippen LogP contribution in [0.5, 0.6) is 5.75 Å². The third kappa shape index (κ3) is 4.29. The summed E-state index contributed by atoms with van der Waals surface area (Å²) in [5, 5.41) is 3.50. The molecule has 1 N–H and O–H groups in total. The molecular formula is C15H25NO. The normalized spacial score (nSPS) is 10.6. The predicted molar refractivity (Wildman–Crippen MR) is 74.9 cm³/mol. The lowest BCUT2D eigenvalue weighted by Gasteiger charge is -2.17. The maximum atomic E-state index is 5.65. The van der Waals surface area contributed by atoms with Crippen LogP contribution in [0.1, 0.15) is 39.2 Å². The summed E-state index contributed by atoms with van der Waals surface area (Å²) in [5.41, 5.74) is 2.35. The van der Waals surface area contributed by atoms with Gasteiger partial charge in [0.25, 0.3) is 0 Å². The highest BCUT2D eigenvalue weighted by Crippen LogP contribution is 2.26. The molecule has 0 aliphatic heterocycles. The van der Waals surface area contributed by atoms with Gasteiger partial charge in [-0.2, -0.15) is 0 Å². The molecule has 2 heteroatoms. The maximum absolute atomic E-state index is 5.65. The van der Waals surface area contributed by atoms with Gasteiger partial charge in [-0.1, -0.05) is 32.8 Å². The van der Waals surface area contributed by atoms with Gasteiger partial charge in [0, 0.05) is 6.54 Å². The number of anilines is 1. The molecule has 0 aliphatic rings. The number of nitrogens with one attached hydrogen (secondary N) is 1. The second kappa shape index (κ2) is 7.21. The fourth-order valence-electron chi connectivity index (χ4n) is 1.88. The standard InChI is InChI=1S/C15H25NO/c1-5-13(6-2)11-16-14-9-8-12(4)10-15(14)17-7-3/h8-10,13,16H,5-7,11H2,1-4H3. The summed E-state index contributed by atoms with van der Waals surface area (Å²) in [7, 11) is 0. The van der Waals surface area contributed by atoms with E-state index >= 15 is 0 Å². The Morgan fingerprint density at radius 2 is 1.88 bits per heavy atom. The van der Waals surface area contributed by atoms with Gasteiger partial charge in [0.2, 0.25) is 0 Å². The number of rotatable bonds is 7. The topological polar surface area (TPSA) is 21.3 Å². The minimum Gasteiger partial charge on any atom is -0.492 e. The zero-order valence-corrected chi connectivity index (χ0v) is 11.5. The smallest absolute Gasteiger partial charge is 0.142 e. The van der Waals surface area contributed by atoms with Crippen molar-refractivity contribution in [2.75, 3.05) is 18.5 Å². The van der Waals surface area contributed by atoms with E-state index in [1.54, 1.807) is 0 Å². The molecule has 0 fully saturated rings. The fourth-order valence-corrected chi connectivity index (χ4v) is 1.88. The fraction of sp³-hybridized carbons (Fsp3) is 0.600. The largest absolute Gasteiger partial charge is 0.492 e. The first-order valence-corrected chi connectivity index (χ1v) is 6.68. The summed E-state index contributed by atoms with van der Waals surface area (Å²) in [6, 6.07) is 6.33. The van der Waals surface area contributed by atoms with Gasteiger partial charge in [0.1, 0.15) is 5.75 Å². The van der Waals surface area contributed by atoms with Gasteiger partial charge < -0.3 is 10.1 Å². The van der Waals surface area contributed by atoms with Crippen LogP contribution in [0.3, 0.4) is 0 Å². The van der Waals surface area contributed by atoms with Crippen LogP contribution in [0.25, 0.3) is 0 Å². The Hall–Kier alpha value is -1.18. The van der Waals surface area contributed by atoms with Crippen LogP contribution < -0.4 is 10.1 Å². The van der Waals surface area contributed by atoms with Crippen LogP contribution in [-0.2, 0) is 0 Å².